The summed E-state index contributed by atoms with van der Waals surface area (Å²) >= 11 is 13.4. The van der Waals surface area contributed by atoms with E-state index in [1.165, 1.54) is 0 Å². The van der Waals surface area contributed by atoms with E-state index in [4.69, 9.17) is 37.8 Å². The maximum Gasteiger partial charge on any atom is 0.128 e. The highest BCUT2D eigenvalue weighted by Crippen LogP contribution is 2.43. The number of hydrogen-bond acceptors (Lipinski definition) is 3. The molecule has 4 rings (SSSR count). The predicted molar refractivity (Wildman–Crippen MR) is 122 cm³/mol. The monoisotopic (exact) mass is 438 g/mol. The van der Waals surface area contributed by atoms with Gasteiger partial charge in [-0.15, -0.1) is 0 Å². The van der Waals surface area contributed by atoms with Crippen LogP contribution in [0.2, 0.25) is 10.0 Å². The second kappa shape index (κ2) is 8.42. The van der Waals surface area contributed by atoms with Crippen molar-refractivity contribution in [2.24, 2.45) is 0 Å². The van der Waals surface area contributed by atoms with Crippen molar-refractivity contribution in [3.63, 3.8) is 0 Å². The molecule has 1 aromatic heterocycles. The van der Waals surface area contributed by atoms with Gasteiger partial charge in [-0.2, -0.15) is 5.10 Å². The van der Waals surface area contributed by atoms with Crippen molar-refractivity contribution in [3.8, 4) is 39.7 Å². The lowest BCUT2D eigenvalue weighted by Crippen LogP contribution is -2.01. The van der Waals surface area contributed by atoms with Crippen LogP contribution in [0.5, 0.6) is 11.5 Å². The maximum absolute atomic E-state index is 6.95. The van der Waals surface area contributed by atoms with E-state index in [0.717, 1.165) is 28.1 Å². The lowest BCUT2D eigenvalue weighted by Gasteiger charge is -2.12. The molecule has 0 fully saturated rings. The van der Waals surface area contributed by atoms with Crippen molar-refractivity contribution in [2.75, 3.05) is 14.2 Å². The minimum atomic E-state index is 0.501. The first kappa shape index (κ1) is 20.3. The van der Waals surface area contributed by atoms with Crippen molar-refractivity contribution in [1.29, 1.82) is 0 Å². The Hall–Kier alpha value is -2.95. The molecule has 0 unspecified atom stereocenters. The minimum absolute atomic E-state index is 0.501. The molecule has 6 heteroatoms. The van der Waals surface area contributed by atoms with Gasteiger partial charge in [0.15, 0.2) is 0 Å². The summed E-state index contributed by atoms with van der Waals surface area (Å²) in [5.74, 6) is 1.39. The summed E-state index contributed by atoms with van der Waals surface area (Å²) in [6.07, 6.45) is 0. The van der Waals surface area contributed by atoms with E-state index in [1.807, 2.05) is 73.7 Å². The van der Waals surface area contributed by atoms with Crippen LogP contribution < -0.4 is 9.47 Å². The van der Waals surface area contributed by atoms with Crippen molar-refractivity contribution in [2.45, 2.75) is 6.92 Å². The zero-order valence-electron chi connectivity index (χ0n) is 16.8. The highest BCUT2D eigenvalue weighted by atomic mass is 35.5. The largest absolute Gasteiger partial charge is 0.496 e. The van der Waals surface area contributed by atoms with E-state index >= 15 is 0 Å². The van der Waals surface area contributed by atoms with Crippen LogP contribution in [-0.2, 0) is 0 Å². The van der Waals surface area contributed by atoms with Crippen LogP contribution in [0.25, 0.3) is 28.2 Å². The first-order chi connectivity index (χ1) is 14.5. The van der Waals surface area contributed by atoms with Gasteiger partial charge in [0.05, 0.1) is 30.6 Å². The van der Waals surface area contributed by atoms with Crippen LogP contribution in [0.3, 0.4) is 0 Å². The van der Waals surface area contributed by atoms with Crippen LogP contribution in [0, 0.1) is 6.92 Å². The van der Waals surface area contributed by atoms with Crippen molar-refractivity contribution in [3.05, 3.63) is 82.3 Å². The Kier molecular flexibility index (Phi) is 5.71. The summed E-state index contributed by atoms with van der Waals surface area (Å²) < 4.78 is 12.9. The number of aryl methyl sites for hydroxylation is 1. The molecule has 0 saturated carbocycles. The quantitative estimate of drug-likeness (QED) is 0.342. The summed E-state index contributed by atoms with van der Waals surface area (Å²) in [5, 5.41) is 6.03. The lowest BCUT2D eigenvalue weighted by molar-refractivity contribution is 0.416. The highest BCUT2D eigenvalue weighted by Gasteiger charge is 2.24. The second-order valence-corrected chi connectivity index (χ2v) is 7.54. The number of para-hydroxylation sites is 2. The first-order valence-electron chi connectivity index (χ1n) is 9.37. The minimum Gasteiger partial charge on any atom is -0.496 e. The van der Waals surface area contributed by atoms with Gasteiger partial charge < -0.3 is 9.47 Å². The molecule has 3 aromatic carbocycles. The summed E-state index contributed by atoms with van der Waals surface area (Å²) in [6, 6.07) is 21.2. The molecule has 0 aliphatic carbocycles. The molecule has 30 heavy (non-hydrogen) atoms. The van der Waals surface area contributed by atoms with Gasteiger partial charge in [-0.25, -0.2) is 4.68 Å². The Morgan fingerprint density at radius 2 is 1.40 bits per heavy atom. The fourth-order valence-corrected chi connectivity index (χ4v) is 3.88. The number of hydrogen-bond donors (Lipinski definition) is 0. The summed E-state index contributed by atoms with van der Waals surface area (Å²) in [4.78, 5) is 0. The van der Waals surface area contributed by atoms with Gasteiger partial charge >= 0.3 is 0 Å². The Morgan fingerprint density at radius 1 is 0.800 bits per heavy atom. The predicted octanol–water partition coefficient (Wildman–Crippen LogP) is 6.84. The van der Waals surface area contributed by atoms with Gasteiger partial charge in [0.2, 0.25) is 0 Å². The normalized spacial score (nSPS) is 10.8. The molecule has 4 nitrogen and oxygen atoms in total. The highest BCUT2D eigenvalue weighted by molar-refractivity contribution is 6.36. The average Bonchev–Trinajstić information content (AvgIpc) is 3.12. The third-order valence-corrected chi connectivity index (χ3v) is 5.72. The second-order valence-electron chi connectivity index (χ2n) is 6.76. The van der Waals surface area contributed by atoms with Crippen molar-refractivity contribution < 1.29 is 9.47 Å². The summed E-state index contributed by atoms with van der Waals surface area (Å²) in [7, 11) is 3.27. The van der Waals surface area contributed by atoms with Gasteiger partial charge in [0.1, 0.15) is 17.2 Å². The van der Waals surface area contributed by atoms with Crippen LogP contribution >= 0.6 is 23.2 Å². The molecule has 0 saturated heterocycles. The van der Waals surface area contributed by atoms with Crippen LogP contribution in [0.4, 0.5) is 0 Å². The summed E-state index contributed by atoms with van der Waals surface area (Å²) in [6.45, 7) is 1.96. The van der Waals surface area contributed by atoms with Crippen molar-refractivity contribution >= 4 is 23.2 Å². The Balaban J connectivity index is 2.04. The zero-order valence-corrected chi connectivity index (χ0v) is 18.3. The maximum atomic E-state index is 6.95. The van der Waals surface area contributed by atoms with Gasteiger partial charge in [-0.3, -0.25) is 0 Å². The van der Waals surface area contributed by atoms with E-state index in [9.17, 15) is 0 Å². The molecule has 0 aliphatic heterocycles. The third-order valence-electron chi connectivity index (χ3n) is 4.95. The smallest absolute Gasteiger partial charge is 0.128 e. The Morgan fingerprint density at radius 3 is 2.03 bits per heavy atom. The number of halogens is 2. The molecule has 4 aromatic rings. The molecule has 0 radical (unpaired) electrons. The molecule has 1 heterocycles. The SMILES string of the molecule is COc1ccccc1-c1nn(-c2ccc(C)c(Cl)c2)c(-c2ccccc2OC)c1Cl. The first-order valence-corrected chi connectivity index (χ1v) is 10.1. The standard InChI is InChI=1S/C24H20Cl2N2O2/c1-15-12-13-16(14-19(15)25)28-24(18-9-5-7-11-21(18)30-3)22(26)23(27-28)17-8-4-6-10-20(17)29-2/h4-14H,1-3H3. The summed E-state index contributed by atoms with van der Waals surface area (Å²) in [5.41, 5.74) is 4.76. The fourth-order valence-electron chi connectivity index (χ4n) is 3.38. The molecular weight excluding hydrogens is 419 g/mol. The van der Waals surface area contributed by atoms with Crippen LogP contribution in [0.15, 0.2) is 66.7 Å². The van der Waals surface area contributed by atoms with Gasteiger partial charge in [-0.05, 0) is 48.9 Å². The molecule has 0 bridgehead atoms. The van der Waals surface area contributed by atoms with E-state index in [1.54, 1.807) is 18.9 Å². The number of methoxy groups -OCH3 is 2. The van der Waals surface area contributed by atoms with E-state index in [2.05, 4.69) is 0 Å². The molecule has 152 valence electrons. The number of aromatic nitrogens is 2. The van der Waals surface area contributed by atoms with Gasteiger partial charge in [0, 0.05) is 16.1 Å². The van der Waals surface area contributed by atoms with Crippen molar-refractivity contribution in [1.82, 2.24) is 9.78 Å². The van der Waals surface area contributed by atoms with Crippen LogP contribution in [-0.4, -0.2) is 24.0 Å². The van der Waals surface area contributed by atoms with E-state index in [0.29, 0.717) is 27.2 Å². The number of nitrogens with zero attached hydrogens (tertiary/aromatic N) is 2. The van der Waals surface area contributed by atoms with Gasteiger partial charge in [0.25, 0.3) is 0 Å². The fraction of sp³-hybridized carbons (Fsp3) is 0.125. The number of rotatable bonds is 5. The Bertz CT molecular complexity index is 1220. The van der Waals surface area contributed by atoms with Crippen LogP contribution in [0.1, 0.15) is 5.56 Å². The third kappa shape index (κ3) is 3.53. The van der Waals surface area contributed by atoms with E-state index < -0.39 is 0 Å². The Labute approximate surface area is 185 Å². The number of benzene rings is 3. The molecule has 0 aliphatic rings. The molecule has 0 N–H and O–H groups in total. The van der Waals surface area contributed by atoms with Gasteiger partial charge in [-0.1, -0.05) is 53.5 Å². The molecule has 0 spiro atoms. The topological polar surface area (TPSA) is 36.3 Å². The van der Waals surface area contributed by atoms with E-state index in [-0.39, 0.29) is 0 Å². The number of ether oxygens (including phenoxy) is 2. The lowest BCUT2D eigenvalue weighted by atomic mass is 10.1. The molecule has 0 atom stereocenters. The average molecular weight is 439 g/mol. The zero-order chi connectivity index (χ0) is 21.3. The molecule has 0 amide bonds. The molecular formula is C24H20Cl2N2O2.